The molecule has 2 aliphatic rings. The fourth-order valence-electron chi connectivity index (χ4n) is 3.35. The molecule has 2 aromatic rings. The van der Waals surface area contributed by atoms with Gasteiger partial charge in [0.1, 0.15) is 17.8 Å². The summed E-state index contributed by atoms with van der Waals surface area (Å²) in [5.41, 5.74) is 1.54. The zero-order chi connectivity index (χ0) is 20.4. The van der Waals surface area contributed by atoms with Crippen molar-refractivity contribution in [2.75, 3.05) is 6.61 Å². The van der Waals surface area contributed by atoms with Crippen LogP contribution in [-0.4, -0.2) is 41.2 Å². The Bertz CT molecular complexity index is 955. The Balaban J connectivity index is 1.48. The standard InChI is InChI=1S/C20H18ClN3O5/c21-13-5-3-12(4-6-13)15-10-16(17-2-1-9-28-17)24(23-15)19(26)11-29-20(27)14-7-8-18(25)22-14/h1-6,9,14,16H,7-8,10-11H2,(H,22,25)/t14-,16-/m0/s1. The SMILES string of the molecule is O=C1CC[C@@H](C(=O)OCC(=O)N2N=C(c3ccc(Cl)cc3)C[C@H]2c2ccco2)N1. The lowest BCUT2D eigenvalue weighted by molar-refractivity contribution is -0.154. The lowest BCUT2D eigenvalue weighted by Crippen LogP contribution is -2.37. The summed E-state index contributed by atoms with van der Waals surface area (Å²) in [6.45, 7) is -0.472. The number of nitrogens with one attached hydrogen (secondary N) is 1. The highest BCUT2D eigenvalue weighted by Gasteiger charge is 2.36. The van der Waals surface area contributed by atoms with Gasteiger partial charge in [0.25, 0.3) is 5.91 Å². The Hall–Kier alpha value is -3.13. The van der Waals surface area contributed by atoms with Crippen molar-refractivity contribution in [2.24, 2.45) is 5.10 Å². The Morgan fingerprint density at radius 3 is 2.72 bits per heavy atom. The van der Waals surface area contributed by atoms with Gasteiger partial charge in [-0.05, 0) is 36.2 Å². The molecule has 1 aromatic heterocycles. The highest BCUT2D eigenvalue weighted by molar-refractivity contribution is 6.30. The molecule has 1 fully saturated rings. The van der Waals surface area contributed by atoms with Gasteiger partial charge >= 0.3 is 5.97 Å². The highest BCUT2D eigenvalue weighted by Crippen LogP contribution is 2.33. The normalized spacial score (nSPS) is 21.1. The van der Waals surface area contributed by atoms with Crippen LogP contribution in [0.4, 0.5) is 0 Å². The molecule has 0 saturated carbocycles. The molecule has 3 heterocycles. The largest absolute Gasteiger partial charge is 0.467 e. The van der Waals surface area contributed by atoms with E-state index in [2.05, 4.69) is 10.4 Å². The van der Waals surface area contributed by atoms with Gasteiger partial charge in [-0.2, -0.15) is 5.10 Å². The van der Waals surface area contributed by atoms with Crippen LogP contribution in [-0.2, 0) is 19.1 Å². The summed E-state index contributed by atoms with van der Waals surface area (Å²) in [6, 6.07) is 9.53. The zero-order valence-electron chi connectivity index (χ0n) is 15.3. The summed E-state index contributed by atoms with van der Waals surface area (Å²) in [4.78, 5) is 36.1. The van der Waals surface area contributed by atoms with E-state index in [0.717, 1.165) is 5.56 Å². The molecule has 8 nitrogen and oxygen atoms in total. The Morgan fingerprint density at radius 2 is 2.07 bits per heavy atom. The number of esters is 1. The smallest absolute Gasteiger partial charge is 0.329 e. The van der Waals surface area contributed by atoms with E-state index in [4.69, 9.17) is 20.8 Å². The molecule has 1 N–H and O–H groups in total. The van der Waals surface area contributed by atoms with Crippen LogP contribution in [0, 0.1) is 0 Å². The molecule has 0 unspecified atom stereocenters. The second-order valence-corrected chi connectivity index (χ2v) is 7.23. The number of hydrogen-bond donors (Lipinski definition) is 1. The Kier molecular flexibility index (Phi) is 5.35. The molecule has 150 valence electrons. The van der Waals surface area contributed by atoms with Crippen molar-refractivity contribution >= 4 is 35.1 Å². The first kappa shape index (κ1) is 19.2. The maximum atomic E-state index is 12.8. The van der Waals surface area contributed by atoms with E-state index in [1.807, 2.05) is 12.1 Å². The van der Waals surface area contributed by atoms with E-state index in [9.17, 15) is 14.4 Å². The number of nitrogens with zero attached hydrogens (tertiary/aromatic N) is 2. The Labute approximate surface area is 171 Å². The minimum atomic E-state index is -0.706. The lowest BCUT2D eigenvalue weighted by Gasteiger charge is -2.20. The summed E-state index contributed by atoms with van der Waals surface area (Å²) in [5, 5.41) is 8.85. The third-order valence-electron chi connectivity index (χ3n) is 4.83. The minimum absolute atomic E-state index is 0.201. The fraction of sp³-hybridized carbons (Fsp3) is 0.300. The quantitative estimate of drug-likeness (QED) is 0.756. The topological polar surface area (TPSA) is 101 Å². The molecule has 0 bridgehead atoms. The molecule has 1 aromatic carbocycles. The van der Waals surface area contributed by atoms with Crippen LogP contribution in [0.5, 0.6) is 0 Å². The number of carbonyl (C=O) groups excluding carboxylic acids is 3. The van der Waals surface area contributed by atoms with Crippen molar-refractivity contribution in [1.82, 2.24) is 10.3 Å². The average molecular weight is 416 g/mol. The van der Waals surface area contributed by atoms with Crippen molar-refractivity contribution in [2.45, 2.75) is 31.3 Å². The van der Waals surface area contributed by atoms with Crippen molar-refractivity contribution < 1.29 is 23.5 Å². The van der Waals surface area contributed by atoms with Crippen LogP contribution in [0.15, 0.2) is 52.2 Å². The number of halogens is 1. The second-order valence-electron chi connectivity index (χ2n) is 6.79. The average Bonchev–Trinajstić information content (AvgIpc) is 3.46. The maximum Gasteiger partial charge on any atom is 0.329 e. The molecule has 2 amide bonds. The van der Waals surface area contributed by atoms with Gasteiger partial charge in [0.05, 0.1) is 12.0 Å². The van der Waals surface area contributed by atoms with Crippen LogP contribution in [0.1, 0.15) is 36.6 Å². The zero-order valence-corrected chi connectivity index (χ0v) is 16.1. The highest BCUT2D eigenvalue weighted by atomic mass is 35.5. The van der Waals surface area contributed by atoms with Gasteiger partial charge < -0.3 is 14.5 Å². The molecule has 2 atom stereocenters. The van der Waals surface area contributed by atoms with Crippen LogP contribution >= 0.6 is 11.6 Å². The van der Waals surface area contributed by atoms with E-state index in [1.165, 1.54) is 11.3 Å². The molecule has 4 rings (SSSR count). The number of rotatable bonds is 5. The van der Waals surface area contributed by atoms with E-state index >= 15 is 0 Å². The van der Waals surface area contributed by atoms with Crippen LogP contribution in [0.3, 0.4) is 0 Å². The minimum Gasteiger partial charge on any atom is -0.467 e. The second kappa shape index (κ2) is 8.08. The van der Waals surface area contributed by atoms with Crippen LogP contribution in [0.2, 0.25) is 5.02 Å². The number of furan rings is 1. The number of benzene rings is 1. The molecule has 0 spiro atoms. The molecule has 0 radical (unpaired) electrons. The first-order chi connectivity index (χ1) is 14.0. The predicted molar refractivity (Wildman–Crippen MR) is 103 cm³/mol. The molecule has 29 heavy (non-hydrogen) atoms. The monoisotopic (exact) mass is 415 g/mol. The summed E-state index contributed by atoms with van der Waals surface area (Å²) in [6.07, 6.45) is 2.62. The summed E-state index contributed by atoms with van der Waals surface area (Å²) in [5.74, 6) is -0.721. The van der Waals surface area contributed by atoms with E-state index in [-0.39, 0.29) is 12.3 Å². The first-order valence-electron chi connectivity index (χ1n) is 9.16. The van der Waals surface area contributed by atoms with Crippen LogP contribution in [0.25, 0.3) is 0 Å². The van der Waals surface area contributed by atoms with Crippen molar-refractivity contribution in [3.05, 3.63) is 59.0 Å². The van der Waals surface area contributed by atoms with Gasteiger partial charge in [-0.15, -0.1) is 0 Å². The Morgan fingerprint density at radius 1 is 1.28 bits per heavy atom. The third-order valence-corrected chi connectivity index (χ3v) is 5.08. The summed E-state index contributed by atoms with van der Waals surface area (Å²) in [7, 11) is 0. The molecular weight excluding hydrogens is 398 g/mol. The fourth-order valence-corrected chi connectivity index (χ4v) is 3.48. The molecule has 2 aliphatic heterocycles. The van der Waals surface area contributed by atoms with E-state index < -0.39 is 30.6 Å². The van der Waals surface area contributed by atoms with Crippen molar-refractivity contribution in [1.29, 1.82) is 0 Å². The van der Waals surface area contributed by atoms with Gasteiger partial charge in [0.15, 0.2) is 6.61 Å². The third kappa shape index (κ3) is 4.17. The lowest BCUT2D eigenvalue weighted by atomic mass is 10.0. The van der Waals surface area contributed by atoms with Crippen molar-refractivity contribution in [3.8, 4) is 0 Å². The number of amides is 2. The number of carbonyl (C=O) groups is 3. The van der Waals surface area contributed by atoms with Crippen molar-refractivity contribution in [3.63, 3.8) is 0 Å². The molecule has 9 heteroatoms. The van der Waals surface area contributed by atoms with Gasteiger partial charge in [-0.3, -0.25) is 9.59 Å². The molecule has 0 aliphatic carbocycles. The summed E-state index contributed by atoms with van der Waals surface area (Å²) < 4.78 is 10.6. The van der Waals surface area contributed by atoms with Gasteiger partial charge in [0.2, 0.25) is 5.91 Å². The van der Waals surface area contributed by atoms with Crippen LogP contribution < -0.4 is 5.32 Å². The number of hydrogen-bond acceptors (Lipinski definition) is 6. The number of hydrazone groups is 1. The van der Waals surface area contributed by atoms with E-state index in [1.54, 1.807) is 24.3 Å². The predicted octanol–water partition coefficient (Wildman–Crippen LogP) is 2.43. The maximum absolute atomic E-state index is 12.8. The van der Waals surface area contributed by atoms with Gasteiger partial charge in [-0.1, -0.05) is 23.7 Å². The van der Waals surface area contributed by atoms with Gasteiger partial charge in [-0.25, -0.2) is 9.80 Å². The van der Waals surface area contributed by atoms with Gasteiger partial charge in [0, 0.05) is 17.9 Å². The molecular formula is C20H18ClN3O5. The summed E-state index contributed by atoms with van der Waals surface area (Å²) >= 11 is 5.95. The first-order valence-corrected chi connectivity index (χ1v) is 9.54. The molecule has 1 saturated heterocycles. The number of ether oxygens (including phenoxy) is 1. The van der Waals surface area contributed by atoms with E-state index in [0.29, 0.717) is 29.3 Å².